The first kappa shape index (κ1) is 17.3. The van der Waals surface area contributed by atoms with Crippen LogP contribution in [0.25, 0.3) is 0 Å². The van der Waals surface area contributed by atoms with Crippen molar-refractivity contribution in [2.24, 2.45) is 7.05 Å². The van der Waals surface area contributed by atoms with Gasteiger partial charge in [0.05, 0.1) is 12.7 Å². The van der Waals surface area contributed by atoms with Crippen LogP contribution in [0.4, 0.5) is 5.82 Å². The number of nitrogens with one attached hydrogen (secondary N) is 1. The van der Waals surface area contributed by atoms with E-state index < -0.39 is 0 Å². The van der Waals surface area contributed by atoms with E-state index in [1.54, 1.807) is 24.8 Å². The highest BCUT2D eigenvalue weighted by Crippen LogP contribution is 2.39. The number of para-hydroxylation sites is 1. The summed E-state index contributed by atoms with van der Waals surface area (Å²) in [5, 5.41) is 3.37. The molecule has 0 saturated carbocycles. The Hall–Kier alpha value is -2.54. The SMILES string of the molecule is C=CCSc1nc(=O)c2c(n1C)NC(=O)C[C@H]2c1ccccc1OC. The van der Waals surface area contributed by atoms with Crippen LogP contribution in [0.1, 0.15) is 23.5 Å². The molecule has 7 heteroatoms. The van der Waals surface area contributed by atoms with Crippen molar-refractivity contribution >= 4 is 23.5 Å². The van der Waals surface area contributed by atoms with Gasteiger partial charge in [-0.2, -0.15) is 4.98 Å². The largest absolute Gasteiger partial charge is 0.496 e. The molecular formula is C18H19N3O3S. The van der Waals surface area contributed by atoms with Gasteiger partial charge in [0.25, 0.3) is 5.56 Å². The highest BCUT2D eigenvalue weighted by atomic mass is 32.2. The Balaban J connectivity index is 2.18. The van der Waals surface area contributed by atoms with Crippen molar-refractivity contribution in [1.29, 1.82) is 0 Å². The maximum atomic E-state index is 12.7. The number of amides is 1. The molecule has 0 fully saturated rings. The van der Waals surface area contributed by atoms with Crippen molar-refractivity contribution < 1.29 is 9.53 Å². The second kappa shape index (κ2) is 7.14. The van der Waals surface area contributed by atoms with E-state index in [-0.39, 0.29) is 23.8 Å². The van der Waals surface area contributed by atoms with Crippen LogP contribution in [0.5, 0.6) is 5.75 Å². The summed E-state index contributed by atoms with van der Waals surface area (Å²) in [6.07, 6.45) is 1.93. The van der Waals surface area contributed by atoms with Crippen LogP contribution in [-0.4, -0.2) is 28.3 Å². The number of carbonyl (C=O) groups excluding carboxylic acids is 1. The van der Waals surface area contributed by atoms with Gasteiger partial charge in [0.15, 0.2) is 5.16 Å². The Morgan fingerprint density at radius 3 is 2.92 bits per heavy atom. The number of rotatable bonds is 5. The molecule has 2 aromatic rings. The summed E-state index contributed by atoms with van der Waals surface area (Å²) in [4.78, 5) is 29.2. The number of fused-ring (bicyclic) bond motifs is 1. The molecular weight excluding hydrogens is 338 g/mol. The standard InChI is InChI=1S/C18H19N3O3S/c1-4-9-25-18-20-17(23)15-12(10-14(22)19-16(15)21(18)2)11-7-5-6-8-13(11)24-3/h4-8,12H,1,9-10H2,2-3H3,(H,19,22)/t12-/m0/s1. The maximum Gasteiger partial charge on any atom is 0.279 e. The quantitative estimate of drug-likeness (QED) is 0.506. The van der Waals surface area contributed by atoms with E-state index in [0.717, 1.165) is 5.56 Å². The lowest BCUT2D eigenvalue weighted by molar-refractivity contribution is -0.116. The summed E-state index contributed by atoms with van der Waals surface area (Å²) in [5.74, 6) is 1.26. The predicted octanol–water partition coefficient (Wildman–Crippen LogP) is 2.54. The third kappa shape index (κ3) is 3.19. The molecule has 1 aromatic heterocycles. The molecule has 1 atom stereocenters. The maximum absolute atomic E-state index is 12.7. The van der Waals surface area contributed by atoms with Crippen LogP contribution in [0, 0.1) is 0 Å². The van der Waals surface area contributed by atoms with Gasteiger partial charge in [-0.15, -0.1) is 6.58 Å². The Labute approximate surface area is 149 Å². The Morgan fingerprint density at radius 2 is 2.20 bits per heavy atom. The monoisotopic (exact) mass is 357 g/mol. The molecule has 0 bridgehead atoms. The van der Waals surface area contributed by atoms with Gasteiger partial charge < -0.3 is 14.6 Å². The minimum atomic E-state index is -0.385. The topological polar surface area (TPSA) is 73.2 Å². The molecule has 0 unspecified atom stereocenters. The van der Waals surface area contributed by atoms with E-state index in [4.69, 9.17) is 4.74 Å². The third-order valence-corrected chi connectivity index (χ3v) is 5.17. The van der Waals surface area contributed by atoms with Gasteiger partial charge in [-0.1, -0.05) is 36.0 Å². The number of hydrogen-bond donors (Lipinski definition) is 1. The number of thioether (sulfide) groups is 1. The highest BCUT2D eigenvalue weighted by molar-refractivity contribution is 7.99. The summed E-state index contributed by atoms with van der Waals surface area (Å²) in [5.41, 5.74) is 0.983. The summed E-state index contributed by atoms with van der Waals surface area (Å²) in [6.45, 7) is 3.68. The normalized spacial score (nSPS) is 16.1. The number of hydrogen-bond acceptors (Lipinski definition) is 5. The average molecular weight is 357 g/mol. The van der Waals surface area contributed by atoms with Gasteiger partial charge in [-0.05, 0) is 6.07 Å². The van der Waals surface area contributed by atoms with Crippen LogP contribution in [0.3, 0.4) is 0 Å². The van der Waals surface area contributed by atoms with Gasteiger partial charge in [0, 0.05) is 30.7 Å². The summed E-state index contributed by atoms with van der Waals surface area (Å²) < 4.78 is 7.17. The van der Waals surface area contributed by atoms with Crippen LogP contribution < -0.4 is 15.6 Å². The van der Waals surface area contributed by atoms with E-state index in [9.17, 15) is 9.59 Å². The van der Waals surface area contributed by atoms with Gasteiger partial charge in [0.2, 0.25) is 5.91 Å². The van der Waals surface area contributed by atoms with E-state index in [1.807, 2.05) is 24.3 Å². The number of aromatic nitrogens is 2. The predicted molar refractivity (Wildman–Crippen MR) is 98.5 cm³/mol. The first-order valence-electron chi connectivity index (χ1n) is 7.84. The van der Waals surface area contributed by atoms with Crippen molar-refractivity contribution in [3.8, 4) is 5.75 Å². The minimum Gasteiger partial charge on any atom is -0.496 e. The molecule has 1 amide bonds. The van der Waals surface area contributed by atoms with Gasteiger partial charge in [0.1, 0.15) is 11.6 Å². The lowest BCUT2D eigenvalue weighted by Gasteiger charge is -2.28. The zero-order valence-corrected chi connectivity index (χ0v) is 14.9. The fraction of sp³-hybridized carbons (Fsp3) is 0.278. The lowest BCUT2D eigenvalue weighted by Crippen LogP contribution is -2.33. The molecule has 130 valence electrons. The molecule has 1 aliphatic heterocycles. The van der Waals surface area contributed by atoms with E-state index in [1.165, 1.54) is 11.8 Å². The van der Waals surface area contributed by atoms with Crippen LogP contribution in [0.15, 0.2) is 46.9 Å². The Bertz CT molecular complexity index is 892. The molecule has 3 rings (SSSR count). The molecule has 1 aliphatic rings. The van der Waals surface area contributed by atoms with Crippen molar-refractivity contribution in [2.45, 2.75) is 17.5 Å². The lowest BCUT2D eigenvalue weighted by atomic mass is 9.86. The summed E-state index contributed by atoms with van der Waals surface area (Å²) in [7, 11) is 3.37. The van der Waals surface area contributed by atoms with Gasteiger partial charge in [-0.25, -0.2) is 0 Å². The summed E-state index contributed by atoms with van der Waals surface area (Å²) >= 11 is 1.40. The molecule has 0 radical (unpaired) electrons. The Morgan fingerprint density at radius 1 is 1.44 bits per heavy atom. The fourth-order valence-electron chi connectivity index (χ4n) is 3.02. The number of nitrogens with zero attached hydrogens (tertiary/aromatic N) is 2. The molecule has 2 heterocycles. The first-order chi connectivity index (χ1) is 12.1. The average Bonchev–Trinajstić information content (AvgIpc) is 2.62. The second-order valence-corrected chi connectivity index (χ2v) is 6.65. The Kier molecular flexibility index (Phi) is 4.94. The summed E-state index contributed by atoms with van der Waals surface area (Å²) in [6, 6.07) is 7.44. The fourth-order valence-corrected chi connectivity index (χ4v) is 3.72. The van der Waals surface area contributed by atoms with Crippen LogP contribution in [0.2, 0.25) is 0 Å². The van der Waals surface area contributed by atoms with E-state index in [2.05, 4.69) is 16.9 Å². The van der Waals surface area contributed by atoms with Gasteiger partial charge >= 0.3 is 0 Å². The molecule has 1 aromatic carbocycles. The number of ether oxygens (including phenoxy) is 1. The molecule has 6 nitrogen and oxygen atoms in total. The highest BCUT2D eigenvalue weighted by Gasteiger charge is 2.33. The minimum absolute atomic E-state index is 0.135. The number of carbonyl (C=O) groups is 1. The molecule has 25 heavy (non-hydrogen) atoms. The first-order valence-corrected chi connectivity index (χ1v) is 8.82. The van der Waals surface area contributed by atoms with Crippen LogP contribution >= 0.6 is 11.8 Å². The van der Waals surface area contributed by atoms with Crippen LogP contribution in [-0.2, 0) is 11.8 Å². The van der Waals surface area contributed by atoms with Crippen molar-refractivity contribution in [3.63, 3.8) is 0 Å². The molecule has 0 saturated heterocycles. The number of anilines is 1. The zero-order valence-electron chi connectivity index (χ0n) is 14.1. The van der Waals surface area contributed by atoms with Crippen molar-refractivity contribution in [2.75, 3.05) is 18.2 Å². The van der Waals surface area contributed by atoms with Gasteiger partial charge in [-0.3, -0.25) is 9.59 Å². The number of methoxy groups -OCH3 is 1. The molecule has 1 N–H and O–H groups in total. The smallest absolute Gasteiger partial charge is 0.279 e. The number of benzene rings is 1. The van der Waals surface area contributed by atoms with Crippen molar-refractivity contribution in [1.82, 2.24) is 9.55 Å². The second-order valence-electron chi connectivity index (χ2n) is 5.67. The molecule has 0 aliphatic carbocycles. The molecule has 0 spiro atoms. The van der Waals surface area contributed by atoms with Crippen molar-refractivity contribution in [3.05, 3.63) is 58.4 Å². The zero-order chi connectivity index (χ0) is 18.0. The third-order valence-electron chi connectivity index (χ3n) is 4.15. The van der Waals surface area contributed by atoms with E-state index in [0.29, 0.717) is 28.0 Å². The van der Waals surface area contributed by atoms with E-state index >= 15 is 0 Å².